The Morgan fingerprint density at radius 2 is 1.38 bits per heavy atom. The quantitative estimate of drug-likeness (QED) is 0.164. The molecule has 0 fully saturated rings. The van der Waals surface area contributed by atoms with Crippen LogP contribution >= 0.6 is 0 Å². The van der Waals surface area contributed by atoms with Gasteiger partial charge < -0.3 is 10.5 Å². The Morgan fingerprint density at radius 1 is 0.711 bits per heavy atom. The van der Waals surface area contributed by atoms with Gasteiger partial charge in [-0.1, -0.05) is 128 Å². The standard InChI is InChI=1S/C41H31N3O/c1-2-10-28-11-8-9-16-34(28)38-26-45-39-22-21-33(24-36(38)39)27-17-19-29(20-18-27)35-23-31-14-6-7-15-32(31)25-37(35)41(43)44-40(42)30-12-4-3-5-13-30/h2-25H,1,26H2,(H3,42,43,44)/b28-10-,38-34+. The fourth-order valence-corrected chi connectivity index (χ4v) is 5.94. The summed E-state index contributed by atoms with van der Waals surface area (Å²) in [6.45, 7) is 4.42. The van der Waals surface area contributed by atoms with Crippen LogP contribution in [0.5, 0.6) is 5.75 Å². The van der Waals surface area contributed by atoms with Gasteiger partial charge in [0, 0.05) is 22.3 Å². The van der Waals surface area contributed by atoms with Crippen molar-refractivity contribution in [2.45, 2.75) is 0 Å². The van der Waals surface area contributed by atoms with E-state index in [1.807, 2.05) is 60.7 Å². The highest BCUT2D eigenvalue weighted by Gasteiger charge is 2.20. The van der Waals surface area contributed by atoms with Crippen LogP contribution in [0, 0.1) is 5.41 Å². The Bertz CT molecular complexity index is 2250. The smallest absolute Gasteiger partial charge is 0.154 e. The number of amidine groups is 2. The van der Waals surface area contributed by atoms with Gasteiger partial charge in [0.05, 0.1) is 0 Å². The molecule has 216 valence electrons. The average molecular weight is 582 g/mol. The van der Waals surface area contributed by atoms with Crippen molar-refractivity contribution in [2.75, 3.05) is 6.61 Å². The molecule has 0 amide bonds. The molecule has 0 spiro atoms. The number of hydrogen-bond acceptors (Lipinski definition) is 2. The Labute approximate surface area is 262 Å². The van der Waals surface area contributed by atoms with Gasteiger partial charge in [-0.05, 0) is 67.7 Å². The average Bonchev–Trinajstić information content (AvgIpc) is 3.52. The second-order valence-corrected chi connectivity index (χ2v) is 11.0. The highest BCUT2D eigenvalue weighted by Crippen LogP contribution is 2.36. The van der Waals surface area contributed by atoms with Gasteiger partial charge in [-0.15, -0.1) is 0 Å². The minimum Gasteiger partial charge on any atom is -0.488 e. The molecule has 6 aromatic rings. The molecular weight excluding hydrogens is 550 g/mol. The lowest BCUT2D eigenvalue weighted by molar-refractivity contribution is 0.388. The third kappa shape index (κ3) is 5.46. The fraction of sp³-hybridized carbons (Fsp3) is 0.0244. The number of nitrogens with zero attached hydrogens (tertiary/aromatic N) is 1. The monoisotopic (exact) mass is 581 g/mol. The third-order valence-electron chi connectivity index (χ3n) is 8.23. The summed E-state index contributed by atoms with van der Waals surface area (Å²) in [5.41, 5.74) is 14.6. The van der Waals surface area contributed by atoms with Gasteiger partial charge in [-0.2, -0.15) is 0 Å². The Morgan fingerprint density at radius 3 is 2.16 bits per heavy atom. The topological polar surface area (TPSA) is 71.5 Å². The van der Waals surface area contributed by atoms with E-state index in [0.717, 1.165) is 65.9 Å². The van der Waals surface area contributed by atoms with Gasteiger partial charge in [0.1, 0.15) is 18.2 Å². The number of nitrogens with one attached hydrogen (secondary N) is 1. The van der Waals surface area contributed by atoms with Crippen molar-refractivity contribution >= 4 is 34.1 Å². The zero-order valence-corrected chi connectivity index (χ0v) is 24.7. The maximum atomic E-state index is 8.54. The van der Waals surface area contributed by atoms with E-state index in [-0.39, 0.29) is 5.84 Å². The molecule has 3 N–H and O–H groups in total. The van der Waals surface area contributed by atoms with Gasteiger partial charge in [-0.3, -0.25) is 5.41 Å². The highest BCUT2D eigenvalue weighted by molar-refractivity contribution is 6.14. The maximum Gasteiger partial charge on any atom is 0.154 e. The third-order valence-corrected chi connectivity index (χ3v) is 8.23. The maximum absolute atomic E-state index is 8.54. The minimum absolute atomic E-state index is 0.129. The Kier molecular flexibility index (Phi) is 7.38. The van der Waals surface area contributed by atoms with Crippen LogP contribution in [0.2, 0.25) is 0 Å². The molecule has 7 rings (SSSR count). The van der Waals surface area contributed by atoms with E-state index in [1.54, 1.807) is 0 Å². The van der Waals surface area contributed by atoms with Crippen LogP contribution in [-0.2, 0) is 0 Å². The first-order valence-electron chi connectivity index (χ1n) is 14.9. The molecule has 1 aliphatic heterocycles. The van der Waals surface area contributed by atoms with Crippen LogP contribution < -0.4 is 20.9 Å². The lowest BCUT2D eigenvalue weighted by Gasteiger charge is -2.13. The molecule has 0 saturated heterocycles. The summed E-state index contributed by atoms with van der Waals surface area (Å²) in [7, 11) is 0. The van der Waals surface area contributed by atoms with E-state index in [4.69, 9.17) is 15.9 Å². The number of aliphatic imine (C=N–C) groups is 1. The van der Waals surface area contributed by atoms with Crippen LogP contribution in [-0.4, -0.2) is 18.3 Å². The predicted octanol–water partition coefficient (Wildman–Crippen LogP) is 7.46. The van der Waals surface area contributed by atoms with Gasteiger partial charge >= 0.3 is 0 Å². The zero-order chi connectivity index (χ0) is 30.8. The summed E-state index contributed by atoms with van der Waals surface area (Å²) < 4.78 is 6.08. The molecule has 0 atom stereocenters. The molecule has 1 heterocycles. The lowest BCUT2D eigenvalue weighted by atomic mass is 9.93. The zero-order valence-electron chi connectivity index (χ0n) is 24.7. The van der Waals surface area contributed by atoms with E-state index in [1.165, 1.54) is 5.57 Å². The molecule has 0 aromatic heterocycles. The molecular formula is C41H31N3O. The summed E-state index contributed by atoms with van der Waals surface area (Å²) in [5.74, 6) is 1.34. The number of nitrogens with two attached hydrogens (primary N) is 1. The molecule has 0 unspecified atom stereocenters. The SMILES string of the molecule is C=C/C=c1/cccc/c1=C1/COc2ccc(-c3ccc(-c4cc5ccccc5cc4C(N)=NC(=N)c4ccccc4)cc3)cc21. The Balaban J connectivity index is 1.28. The number of rotatable bonds is 5. The fourth-order valence-electron chi connectivity index (χ4n) is 5.94. The largest absolute Gasteiger partial charge is 0.488 e. The Hall–Kier alpha value is -6.00. The van der Waals surface area contributed by atoms with Gasteiger partial charge in [0.25, 0.3) is 0 Å². The van der Waals surface area contributed by atoms with Crippen LogP contribution in [0.25, 0.3) is 44.7 Å². The summed E-state index contributed by atoms with van der Waals surface area (Å²) in [5, 5.41) is 13.0. The summed E-state index contributed by atoms with van der Waals surface area (Å²) >= 11 is 0. The van der Waals surface area contributed by atoms with E-state index in [9.17, 15) is 0 Å². The van der Waals surface area contributed by atoms with Crippen molar-refractivity contribution in [1.29, 1.82) is 5.41 Å². The van der Waals surface area contributed by atoms with Gasteiger partial charge in [0.15, 0.2) is 5.84 Å². The number of ether oxygens (including phenoxy) is 1. The molecule has 1 aliphatic rings. The lowest BCUT2D eigenvalue weighted by Crippen LogP contribution is -2.27. The second-order valence-electron chi connectivity index (χ2n) is 11.0. The molecule has 0 radical (unpaired) electrons. The first-order valence-corrected chi connectivity index (χ1v) is 14.9. The van der Waals surface area contributed by atoms with Crippen molar-refractivity contribution < 1.29 is 4.74 Å². The van der Waals surface area contributed by atoms with E-state index in [0.29, 0.717) is 12.4 Å². The summed E-state index contributed by atoms with van der Waals surface area (Å²) in [6, 6.07) is 45.2. The van der Waals surface area contributed by atoms with E-state index in [2.05, 4.69) is 96.5 Å². The van der Waals surface area contributed by atoms with Gasteiger partial charge in [-0.25, -0.2) is 4.99 Å². The second kappa shape index (κ2) is 11.9. The summed E-state index contributed by atoms with van der Waals surface area (Å²) in [4.78, 5) is 4.51. The van der Waals surface area contributed by atoms with E-state index >= 15 is 0 Å². The normalized spacial score (nSPS) is 14.2. The van der Waals surface area contributed by atoms with Crippen molar-refractivity contribution in [3.05, 3.63) is 173 Å². The number of benzene rings is 6. The number of hydrogen-bond donors (Lipinski definition) is 2. The molecule has 0 saturated carbocycles. The van der Waals surface area contributed by atoms with E-state index < -0.39 is 0 Å². The van der Waals surface area contributed by atoms with Crippen molar-refractivity contribution in [3.63, 3.8) is 0 Å². The molecule has 0 bridgehead atoms. The van der Waals surface area contributed by atoms with Crippen LogP contribution in [0.3, 0.4) is 0 Å². The molecule has 4 heteroatoms. The van der Waals surface area contributed by atoms with Crippen LogP contribution in [0.1, 0.15) is 16.7 Å². The minimum atomic E-state index is 0.129. The first-order chi connectivity index (χ1) is 22.1. The van der Waals surface area contributed by atoms with Crippen molar-refractivity contribution in [2.24, 2.45) is 10.7 Å². The summed E-state index contributed by atoms with van der Waals surface area (Å²) in [6.07, 6.45) is 3.86. The highest BCUT2D eigenvalue weighted by atomic mass is 16.5. The van der Waals surface area contributed by atoms with Crippen LogP contribution in [0.4, 0.5) is 0 Å². The molecule has 4 nitrogen and oxygen atoms in total. The molecule has 45 heavy (non-hydrogen) atoms. The van der Waals surface area contributed by atoms with Gasteiger partial charge in [0.2, 0.25) is 0 Å². The first kappa shape index (κ1) is 27.8. The van der Waals surface area contributed by atoms with Crippen molar-refractivity contribution in [3.8, 4) is 28.0 Å². The predicted molar refractivity (Wildman–Crippen MR) is 187 cm³/mol. The number of allylic oxidation sites excluding steroid dienone is 1. The van der Waals surface area contributed by atoms with Crippen molar-refractivity contribution in [1.82, 2.24) is 0 Å². The number of fused-ring (bicyclic) bond motifs is 2. The molecule has 0 aliphatic carbocycles. The molecule has 6 aromatic carbocycles. The van der Waals surface area contributed by atoms with Crippen LogP contribution in [0.15, 0.2) is 151 Å².